The quantitative estimate of drug-likeness (QED) is 0.419. The number of hydrogen-bond acceptors (Lipinski definition) is 6. The molecule has 0 saturated heterocycles. The summed E-state index contributed by atoms with van der Waals surface area (Å²) in [6, 6.07) is 18.3. The minimum atomic E-state index is -3.90. The van der Waals surface area contributed by atoms with Crippen LogP contribution >= 0.6 is 11.6 Å². The van der Waals surface area contributed by atoms with Crippen molar-refractivity contribution in [1.29, 1.82) is 0 Å². The summed E-state index contributed by atoms with van der Waals surface area (Å²) in [7, 11) is -2.68. The van der Waals surface area contributed by atoms with E-state index in [2.05, 4.69) is 5.32 Å². The van der Waals surface area contributed by atoms with Crippen LogP contribution in [-0.2, 0) is 21.0 Å². The third-order valence-corrected chi connectivity index (χ3v) is 7.56. The Kier molecular flexibility index (Phi) is 8.49. The van der Waals surface area contributed by atoms with Gasteiger partial charge in [-0.05, 0) is 67.8 Å². The Balaban J connectivity index is 1.68. The predicted molar refractivity (Wildman–Crippen MR) is 132 cm³/mol. The zero-order valence-electron chi connectivity index (χ0n) is 19.3. The van der Waals surface area contributed by atoms with Gasteiger partial charge in [-0.1, -0.05) is 47.5 Å². The first-order valence-corrected chi connectivity index (χ1v) is 12.7. The highest BCUT2D eigenvalue weighted by atomic mass is 35.5. The smallest absolute Gasteiger partial charge is 0.339 e. The zero-order valence-corrected chi connectivity index (χ0v) is 20.9. The molecule has 0 fully saturated rings. The first kappa shape index (κ1) is 25.9. The van der Waals surface area contributed by atoms with Crippen molar-refractivity contribution in [2.75, 3.05) is 13.7 Å². The number of aryl methyl sites for hydroxylation is 1. The molecule has 8 heteroatoms. The zero-order chi connectivity index (χ0) is 24.9. The molecule has 6 nitrogen and oxygen atoms in total. The van der Waals surface area contributed by atoms with Crippen LogP contribution in [0, 0.1) is 6.92 Å². The molecule has 3 aromatic carbocycles. The van der Waals surface area contributed by atoms with Crippen molar-refractivity contribution < 1.29 is 23.1 Å². The molecular formula is C26H28ClNO5S. The number of aliphatic hydroxyl groups is 1. The highest BCUT2D eigenvalue weighted by molar-refractivity contribution is 7.91. The third kappa shape index (κ3) is 6.24. The van der Waals surface area contributed by atoms with Crippen LogP contribution < -0.4 is 5.32 Å². The van der Waals surface area contributed by atoms with Gasteiger partial charge < -0.3 is 15.2 Å². The first-order valence-electron chi connectivity index (χ1n) is 10.8. The van der Waals surface area contributed by atoms with E-state index < -0.39 is 21.9 Å². The maximum Gasteiger partial charge on any atom is 0.339 e. The number of sulfone groups is 1. The summed E-state index contributed by atoms with van der Waals surface area (Å²) in [5.74, 6) is -0.696. The van der Waals surface area contributed by atoms with E-state index >= 15 is 0 Å². The molecule has 2 N–H and O–H groups in total. The minimum Gasteiger partial charge on any atom is -0.465 e. The van der Waals surface area contributed by atoms with Crippen molar-refractivity contribution >= 4 is 27.4 Å². The number of halogens is 1. The lowest BCUT2D eigenvalue weighted by Gasteiger charge is -2.18. The number of hydrogen-bond donors (Lipinski definition) is 2. The van der Waals surface area contributed by atoms with Crippen LogP contribution in [0.25, 0.3) is 0 Å². The fraction of sp³-hybridized carbons (Fsp3) is 0.269. The Morgan fingerprint density at radius 3 is 2.44 bits per heavy atom. The molecule has 2 atom stereocenters. The molecule has 0 amide bonds. The number of ether oxygens (including phenoxy) is 1. The highest BCUT2D eigenvalue weighted by Gasteiger charge is 2.25. The van der Waals surface area contributed by atoms with Gasteiger partial charge in [0.1, 0.15) is 0 Å². The summed E-state index contributed by atoms with van der Waals surface area (Å²) in [5.41, 5.74) is 2.46. The van der Waals surface area contributed by atoms with E-state index in [1.807, 2.05) is 13.0 Å². The lowest BCUT2D eigenvalue weighted by molar-refractivity contribution is 0.0596. The van der Waals surface area contributed by atoms with Gasteiger partial charge in [0, 0.05) is 17.6 Å². The fourth-order valence-corrected chi connectivity index (χ4v) is 5.28. The molecule has 0 unspecified atom stereocenters. The van der Waals surface area contributed by atoms with E-state index in [-0.39, 0.29) is 21.4 Å². The van der Waals surface area contributed by atoms with E-state index in [0.29, 0.717) is 18.0 Å². The number of rotatable bonds is 9. The van der Waals surface area contributed by atoms with Crippen LogP contribution in [0.3, 0.4) is 0 Å². The minimum absolute atomic E-state index is 0.0164. The van der Waals surface area contributed by atoms with Crippen LogP contribution in [0.15, 0.2) is 76.5 Å². The maximum atomic E-state index is 13.2. The predicted octanol–water partition coefficient (Wildman–Crippen LogP) is 4.52. The molecule has 0 aliphatic carbocycles. The van der Waals surface area contributed by atoms with Crippen molar-refractivity contribution in [1.82, 2.24) is 5.32 Å². The van der Waals surface area contributed by atoms with Crippen LogP contribution in [0.5, 0.6) is 0 Å². The standard InChI is InChI=1S/C26H28ClNO5S/c1-17-7-12-25(23(13-17)26(30)33-3)34(31,32)22-10-8-19(9-11-22)14-18(2)28-16-24(29)20-5-4-6-21(27)15-20/h4-13,15,18,24,28-29H,14,16H2,1-3H3/t18-,24-/m1/s1. The Morgan fingerprint density at radius 2 is 1.79 bits per heavy atom. The Bertz CT molecular complexity index is 1260. The Labute approximate surface area is 205 Å². The number of nitrogens with one attached hydrogen (secondary N) is 1. The van der Waals surface area contributed by atoms with Crippen molar-refractivity contribution in [2.24, 2.45) is 0 Å². The number of benzene rings is 3. The average molecular weight is 502 g/mol. The normalized spacial score (nSPS) is 13.3. The summed E-state index contributed by atoms with van der Waals surface area (Å²) in [5, 5.41) is 14.2. The fourth-order valence-electron chi connectivity index (χ4n) is 3.65. The SMILES string of the molecule is COC(=O)c1cc(C)ccc1S(=O)(=O)c1ccc(C[C@@H](C)NC[C@@H](O)c2cccc(Cl)c2)cc1. The van der Waals surface area contributed by atoms with Gasteiger partial charge in [-0.15, -0.1) is 0 Å². The number of carbonyl (C=O) groups is 1. The second kappa shape index (κ2) is 11.1. The second-order valence-electron chi connectivity index (χ2n) is 8.22. The summed E-state index contributed by atoms with van der Waals surface area (Å²) >= 11 is 5.98. The second-order valence-corrected chi connectivity index (χ2v) is 10.6. The lowest BCUT2D eigenvalue weighted by atomic mass is 10.1. The summed E-state index contributed by atoms with van der Waals surface area (Å²) in [6.07, 6.45) is -0.0484. The van der Waals surface area contributed by atoms with E-state index in [9.17, 15) is 18.3 Å². The van der Waals surface area contributed by atoms with E-state index in [0.717, 1.165) is 16.7 Å². The van der Waals surface area contributed by atoms with Crippen molar-refractivity contribution in [2.45, 2.75) is 42.2 Å². The highest BCUT2D eigenvalue weighted by Crippen LogP contribution is 2.26. The van der Waals surface area contributed by atoms with Crippen LogP contribution in [0.2, 0.25) is 5.02 Å². The third-order valence-electron chi connectivity index (χ3n) is 5.50. The maximum absolute atomic E-state index is 13.2. The van der Waals surface area contributed by atoms with Crippen LogP contribution in [0.4, 0.5) is 0 Å². The van der Waals surface area contributed by atoms with Gasteiger partial charge in [0.2, 0.25) is 9.84 Å². The van der Waals surface area contributed by atoms with Gasteiger partial charge in [-0.2, -0.15) is 0 Å². The monoisotopic (exact) mass is 501 g/mol. The number of aliphatic hydroxyl groups excluding tert-OH is 1. The summed E-state index contributed by atoms with van der Waals surface area (Å²) in [6.45, 7) is 4.13. The molecule has 0 heterocycles. The Morgan fingerprint density at radius 1 is 1.09 bits per heavy atom. The molecular weight excluding hydrogens is 474 g/mol. The van der Waals surface area contributed by atoms with E-state index in [4.69, 9.17) is 16.3 Å². The molecule has 0 aromatic heterocycles. The molecule has 3 aromatic rings. The van der Waals surface area contributed by atoms with Crippen LogP contribution in [-0.4, -0.2) is 39.2 Å². The van der Waals surface area contributed by atoms with Gasteiger partial charge in [0.25, 0.3) is 0 Å². The van der Waals surface area contributed by atoms with Crippen molar-refractivity contribution in [3.05, 3.63) is 94.0 Å². The van der Waals surface area contributed by atoms with E-state index in [1.54, 1.807) is 55.5 Å². The molecule has 180 valence electrons. The summed E-state index contributed by atoms with van der Waals surface area (Å²) in [4.78, 5) is 12.2. The van der Waals surface area contributed by atoms with Gasteiger partial charge in [-0.3, -0.25) is 0 Å². The number of methoxy groups -OCH3 is 1. The molecule has 0 aliphatic rings. The number of carbonyl (C=O) groups excluding carboxylic acids is 1. The molecule has 3 rings (SSSR count). The summed E-state index contributed by atoms with van der Waals surface area (Å²) < 4.78 is 31.2. The van der Waals surface area contributed by atoms with Gasteiger partial charge in [0.05, 0.1) is 28.6 Å². The first-order chi connectivity index (χ1) is 16.1. The largest absolute Gasteiger partial charge is 0.465 e. The topological polar surface area (TPSA) is 92.7 Å². The van der Waals surface area contributed by atoms with Crippen molar-refractivity contribution in [3.63, 3.8) is 0 Å². The number of esters is 1. The lowest BCUT2D eigenvalue weighted by Crippen LogP contribution is -2.32. The molecule has 0 saturated carbocycles. The van der Waals surface area contributed by atoms with Gasteiger partial charge >= 0.3 is 5.97 Å². The molecule has 0 spiro atoms. The Hall–Kier alpha value is -2.71. The molecule has 0 aliphatic heterocycles. The molecule has 0 radical (unpaired) electrons. The van der Waals surface area contributed by atoms with E-state index in [1.165, 1.54) is 19.2 Å². The van der Waals surface area contributed by atoms with Gasteiger partial charge in [-0.25, -0.2) is 13.2 Å². The molecule has 34 heavy (non-hydrogen) atoms. The molecule has 0 bridgehead atoms. The average Bonchev–Trinajstić information content (AvgIpc) is 2.82. The van der Waals surface area contributed by atoms with Gasteiger partial charge in [0.15, 0.2) is 0 Å². The van der Waals surface area contributed by atoms with Crippen LogP contribution in [0.1, 0.15) is 40.1 Å². The van der Waals surface area contributed by atoms with Crippen molar-refractivity contribution in [3.8, 4) is 0 Å².